The zero-order valence-corrected chi connectivity index (χ0v) is 15.2. The quantitative estimate of drug-likeness (QED) is 0.685. The van der Waals surface area contributed by atoms with Gasteiger partial charge in [0.15, 0.2) is 0 Å². The molecule has 1 aliphatic carbocycles. The first-order chi connectivity index (χ1) is 11.5. The predicted molar refractivity (Wildman–Crippen MR) is 97.7 cm³/mol. The Morgan fingerprint density at radius 1 is 1.25 bits per heavy atom. The first-order valence-electron chi connectivity index (χ1n) is 9.29. The smallest absolute Gasteiger partial charge is 0.225 e. The van der Waals surface area contributed by atoms with E-state index in [1.54, 1.807) is 0 Å². The maximum absolute atomic E-state index is 12.4. The van der Waals surface area contributed by atoms with Crippen LogP contribution < -0.4 is 10.6 Å². The third-order valence-electron chi connectivity index (χ3n) is 5.59. The van der Waals surface area contributed by atoms with Gasteiger partial charge in [-0.2, -0.15) is 0 Å². The summed E-state index contributed by atoms with van der Waals surface area (Å²) in [5.41, 5.74) is 1.12. The largest absolute Gasteiger partial charge is 0.392 e. The number of benzene rings is 1. The molecule has 0 radical (unpaired) electrons. The van der Waals surface area contributed by atoms with Crippen LogP contribution in [0.4, 0.5) is 0 Å². The van der Waals surface area contributed by atoms with Gasteiger partial charge in [-0.25, -0.2) is 0 Å². The van der Waals surface area contributed by atoms with E-state index in [2.05, 4.69) is 55.7 Å². The molecule has 2 rings (SSSR count). The molecule has 0 aliphatic heterocycles. The molecule has 1 saturated carbocycles. The molecule has 1 fully saturated rings. The first-order valence-corrected chi connectivity index (χ1v) is 9.29. The second-order valence-corrected chi connectivity index (χ2v) is 7.09. The molecule has 0 saturated heterocycles. The van der Waals surface area contributed by atoms with Crippen LogP contribution in [0.25, 0.3) is 0 Å². The second kappa shape index (κ2) is 8.63. The number of hydrogen-bond acceptors (Lipinski definition) is 3. The van der Waals surface area contributed by atoms with E-state index in [0.717, 1.165) is 32.1 Å². The molecule has 3 atom stereocenters. The Morgan fingerprint density at radius 2 is 1.92 bits per heavy atom. The van der Waals surface area contributed by atoms with Crippen molar-refractivity contribution >= 4 is 5.91 Å². The Labute approximate surface area is 146 Å². The van der Waals surface area contributed by atoms with Gasteiger partial charge in [-0.1, -0.05) is 44.2 Å². The molecular formula is C20H32N2O2. The maximum atomic E-state index is 12.4. The number of aliphatic hydroxyl groups excluding tert-OH is 1. The van der Waals surface area contributed by atoms with Crippen molar-refractivity contribution < 1.29 is 9.90 Å². The van der Waals surface area contributed by atoms with E-state index in [1.165, 1.54) is 5.56 Å². The molecule has 1 aromatic rings. The minimum Gasteiger partial charge on any atom is -0.392 e. The number of nitrogens with one attached hydrogen (secondary N) is 2. The van der Waals surface area contributed by atoms with Gasteiger partial charge < -0.3 is 15.7 Å². The van der Waals surface area contributed by atoms with Crippen molar-refractivity contribution in [2.24, 2.45) is 5.92 Å². The van der Waals surface area contributed by atoms with Crippen LogP contribution in [0.15, 0.2) is 30.3 Å². The molecule has 4 nitrogen and oxygen atoms in total. The van der Waals surface area contributed by atoms with Crippen molar-refractivity contribution in [3.05, 3.63) is 35.9 Å². The topological polar surface area (TPSA) is 61.4 Å². The van der Waals surface area contributed by atoms with Gasteiger partial charge in [-0.15, -0.1) is 0 Å². The van der Waals surface area contributed by atoms with Crippen LogP contribution in [0.5, 0.6) is 0 Å². The molecule has 134 valence electrons. The van der Waals surface area contributed by atoms with Gasteiger partial charge in [0.1, 0.15) is 0 Å². The number of aliphatic hydroxyl groups is 1. The summed E-state index contributed by atoms with van der Waals surface area (Å²) in [6.45, 7) is 7.08. The van der Waals surface area contributed by atoms with E-state index in [0.29, 0.717) is 6.54 Å². The molecule has 3 N–H and O–H groups in total. The van der Waals surface area contributed by atoms with Gasteiger partial charge in [-0.3, -0.25) is 4.79 Å². The van der Waals surface area contributed by atoms with Crippen molar-refractivity contribution in [1.29, 1.82) is 0 Å². The van der Waals surface area contributed by atoms with Crippen LogP contribution >= 0.6 is 0 Å². The molecule has 4 heteroatoms. The SMILES string of the molecule is CCC(CC)(CNC(=O)C1CCCC1O)NC(C)c1ccccc1. The monoisotopic (exact) mass is 332 g/mol. The molecule has 1 amide bonds. The molecule has 0 bridgehead atoms. The first kappa shape index (κ1) is 18.9. The van der Waals surface area contributed by atoms with Crippen molar-refractivity contribution in [2.75, 3.05) is 6.54 Å². The Kier molecular flexibility index (Phi) is 6.81. The Bertz CT molecular complexity index is 514. The molecule has 0 aromatic heterocycles. The highest BCUT2D eigenvalue weighted by Crippen LogP contribution is 2.26. The minimum atomic E-state index is -0.473. The fourth-order valence-corrected chi connectivity index (χ4v) is 3.67. The van der Waals surface area contributed by atoms with E-state index in [1.807, 2.05) is 6.07 Å². The maximum Gasteiger partial charge on any atom is 0.225 e. The third kappa shape index (κ3) is 4.58. The van der Waals surface area contributed by atoms with Gasteiger partial charge >= 0.3 is 0 Å². The lowest BCUT2D eigenvalue weighted by atomic mass is 9.90. The van der Waals surface area contributed by atoms with Crippen molar-refractivity contribution in [3.63, 3.8) is 0 Å². The minimum absolute atomic E-state index is 0.000407. The fraction of sp³-hybridized carbons (Fsp3) is 0.650. The number of hydrogen-bond donors (Lipinski definition) is 3. The Balaban J connectivity index is 1.97. The van der Waals surface area contributed by atoms with Gasteiger partial charge in [0.2, 0.25) is 5.91 Å². The zero-order valence-electron chi connectivity index (χ0n) is 15.2. The summed E-state index contributed by atoms with van der Waals surface area (Å²) in [6, 6.07) is 10.6. The summed E-state index contributed by atoms with van der Waals surface area (Å²) >= 11 is 0. The summed E-state index contributed by atoms with van der Waals surface area (Å²) in [5, 5.41) is 16.7. The van der Waals surface area contributed by atoms with E-state index < -0.39 is 6.10 Å². The summed E-state index contributed by atoms with van der Waals surface area (Å²) in [5.74, 6) is -0.233. The van der Waals surface area contributed by atoms with Crippen LogP contribution in [-0.2, 0) is 4.79 Å². The molecule has 1 aromatic carbocycles. The van der Waals surface area contributed by atoms with Gasteiger partial charge in [0.25, 0.3) is 0 Å². The number of carbonyl (C=O) groups excluding carboxylic acids is 1. The number of amides is 1. The normalized spacial score (nSPS) is 22.3. The lowest BCUT2D eigenvalue weighted by Gasteiger charge is -2.37. The van der Waals surface area contributed by atoms with E-state index in [4.69, 9.17) is 0 Å². The van der Waals surface area contributed by atoms with Crippen LogP contribution in [0.1, 0.15) is 64.5 Å². The molecule has 0 heterocycles. The van der Waals surface area contributed by atoms with Crippen LogP contribution in [-0.4, -0.2) is 29.2 Å². The molecule has 0 spiro atoms. The second-order valence-electron chi connectivity index (χ2n) is 7.09. The molecular weight excluding hydrogens is 300 g/mol. The molecule has 1 aliphatic rings. The van der Waals surface area contributed by atoms with Gasteiger partial charge in [0, 0.05) is 18.1 Å². The van der Waals surface area contributed by atoms with E-state index >= 15 is 0 Å². The number of carbonyl (C=O) groups is 1. The van der Waals surface area contributed by atoms with Crippen molar-refractivity contribution in [3.8, 4) is 0 Å². The van der Waals surface area contributed by atoms with Crippen LogP contribution in [0, 0.1) is 5.92 Å². The average Bonchev–Trinajstić information content (AvgIpc) is 3.05. The van der Waals surface area contributed by atoms with Crippen molar-refractivity contribution in [1.82, 2.24) is 10.6 Å². The molecule has 24 heavy (non-hydrogen) atoms. The number of rotatable bonds is 8. The van der Waals surface area contributed by atoms with Crippen molar-refractivity contribution in [2.45, 2.75) is 70.6 Å². The lowest BCUT2D eigenvalue weighted by molar-refractivity contribution is -0.127. The van der Waals surface area contributed by atoms with Gasteiger partial charge in [0.05, 0.1) is 12.0 Å². The zero-order chi connectivity index (χ0) is 17.6. The summed E-state index contributed by atoms with van der Waals surface area (Å²) in [7, 11) is 0. The highest BCUT2D eigenvalue weighted by atomic mass is 16.3. The molecule has 3 unspecified atom stereocenters. The summed E-state index contributed by atoms with van der Waals surface area (Å²) < 4.78 is 0. The summed E-state index contributed by atoms with van der Waals surface area (Å²) in [4.78, 5) is 12.4. The lowest BCUT2D eigenvalue weighted by Crippen LogP contribution is -2.54. The Hall–Kier alpha value is -1.39. The fourth-order valence-electron chi connectivity index (χ4n) is 3.67. The standard InChI is InChI=1S/C20H32N2O2/c1-4-20(5-2,22-15(3)16-10-7-6-8-11-16)14-21-19(24)17-12-9-13-18(17)23/h6-8,10-11,15,17-18,22-23H,4-5,9,12-14H2,1-3H3,(H,21,24). The van der Waals surface area contributed by atoms with Crippen LogP contribution in [0.2, 0.25) is 0 Å². The third-order valence-corrected chi connectivity index (χ3v) is 5.59. The highest BCUT2D eigenvalue weighted by Gasteiger charge is 2.34. The van der Waals surface area contributed by atoms with Crippen LogP contribution in [0.3, 0.4) is 0 Å². The average molecular weight is 332 g/mol. The van der Waals surface area contributed by atoms with E-state index in [-0.39, 0.29) is 23.4 Å². The summed E-state index contributed by atoms with van der Waals surface area (Å²) in [6.07, 6.45) is 3.89. The van der Waals surface area contributed by atoms with Gasteiger partial charge in [-0.05, 0) is 44.6 Å². The van der Waals surface area contributed by atoms with E-state index in [9.17, 15) is 9.90 Å². The Morgan fingerprint density at radius 3 is 2.46 bits per heavy atom. The highest BCUT2D eigenvalue weighted by molar-refractivity contribution is 5.79. The predicted octanol–water partition coefficient (Wildman–Crippen LogP) is 3.17.